The van der Waals surface area contributed by atoms with Gasteiger partial charge in [-0.05, 0) is 38.0 Å². The van der Waals surface area contributed by atoms with Gasteiger partial charge in [-0.3, -0.25) is 14.6 Å². The Bertz CT molecular complexity index is 1050. The topological polar surface area (TPSA) is 101 Å². The SMILES string of the molecule is CNC(=O)c1cc(C)nc2onc(C3CCCN(C(=O)Cc4ccccn4)C3)c12. The van der Waals surface area contributed by atoms with Crippen LogP contribution in [0, 0.1) is 6.92 Å². The van der Waals surface area contributed by atoms with E-state index in [-0.39, 0.29) is 24.2 Å². The van der Waals surface area contributed by atoms with Crippen molar-refractivity contribution in [2.75, 3.05) is 20.1 Å². The average Bonchev–Trinajstić information content (AvgIpc) is 3.17. The molecule has 1 saturated heterocycles. The monoisotopic (exact) mass is 393 g/mol. The van der Waals surface area contributed by atoms with Gasteiger partial charge in [0.15, 0.2) is 0 Å². The van der Waals surface area contributed by atoms with Crippen LogP contribution in [0.3, 0.4) is 0 Å². The molecule has 4 heterocycles. The van der Waals surface area contributed by atoms with Gasteiger partial charge in [-0.1, -0.05) is 11.2 Å². The van der Waals surface area contributed by atoms with E-state index in [9.17, 15) is 9.59 Å². The predicted octanol–water partition coefficient (Wildman–Crippen LogP) is 2.23. The molecule has 29 heavy (non-hydrogen) atoms. The summed E-state index contributed by atoms with van der Waals surface area (Å²) in [5.41, 5.74) is 3.00. The maximum Gasteiger partial charge on any atom is 0.259 e. The Morgan fingerprint density at radius 3 is 2.97 bits per heavy atom. The highest BCUT2D eigenvalue weighted by molar-refractivity contribution is 6.06. The number of rotatable bonds is 4. The van der Waals surface area contributed by atoms with Crippen molar-refractivity contribution in [3.05, 3.63) is 53.1 Å². The summed E-state index contributed by atoms with van der Waals surface area (Å²) in [6.07, 6.45) is 3.70. The van der Waals surface area contributed by atoms with E-state index < -0.39 is 0 Å². The molecular weight excluding hydrogens is 370 g/mol. The molecule has 1 fully saturated rings. The van der Waals surface area contributed by atoms with Crippen LogP contribution in [-0.4, -0.2) is 52.0 Å². The lowest BCUT2D eigenvalue weighted by atomic mass is 9.91. The number of amides is 2. The van der Waals surface area contributed by atoms with Crippen molar-refractivity contribution in [3.63, 3.8) is 0 Å². The number of aromatic nitrogens is 3. The van der Waals surface area contributed by atoms with Crippen LogP contribution in [0.1, 0.15) is 46.2 Å². The molecule has 4 rings (SSSR count). The van der Waals surface area contributed by atoms with Crippen LogP contribution < -0.4 is 5.32 Å². The second-order valence-corrected chi connectivity index (χ2v) is 7.32. The molecule has 3 aromatic rings. The fourth-order valence-corrected chi connectivity index (χ4v) is 3.88. The van der Waals surface area contributed by atoms with Crippen LogP contribution >= 0.6 is 0 Å². The molecule has 150 valence electrons. The highest BCUT2D eigenvalue weighted by Crippen LogP contribution is 2.33. The molecular formula is C21H23N5O3. The Morgan fingerprint density at radius 2 is 2.21 bits per heavy atom. The first-order valence-electron chi connectivity index (χ1n) is 9.73. The normalized spacial score (nSPS) is 16.8. The standard InChI is InChI=1S/C21H23N5O3/c1-13-10-16(20(28)22-2)18-19(25-29-21(18)24-13)14-6-5-9-26(12-14)17(27)11-15-7-3-4-8-23-15/h3-4,7-8,10,14H,5-6,9,11-12H2,1-2H3,(H,22,28). The molecule has 0 spiro atoms. The summed E-state index contributed by atoms with van der Waals surface area (Å²) in [6.45, 7) is 3.05. The van der Waals surface area contributed by atoms with Crippen molar-refractivity contribution in [3.8, 4) is 0 Å². The van der Waals surface area contributed by atoms with Gasteiger partial charge >= 0.3 is 0 Å². The number of likely N-dealkylation sites (tertiary alicyclic amines) is 1. The lowest BCUT2D eigenvalue weighted by Crippen LogP contribution is -2.40. The minimum absolute atomic E-state index is 0.00871. The summed E-state index contributed by atoms with van der Waals surface area (Å²) in [6, 6.07) is 7.31. The Kier molecular flexibility index (Phi) is 5.24. The van der Waals surface area contributed by atoms with E-state index >= 15 is 0 Å². The van der Waals surface area contributed by atoms with Gasteiger partial charge in [0.1, 0.15) is 0 Å². The molecule has 8 heteroatoms. The average molecular weight is 393 g/mol. The van der Waals surface area contributed by atoms with Gasteiger partial charge in [0.25, 0.3) is 11.6 Å². The molecule has 8 nitrogen and oxygen atoms in total. The van der Waals surface area contributed by atoms with E-state index in [1.165, 1.54) is 0 Å². The molecule has 0 bridgehead atoms. The quantitative estimate of drug-likeness (QED) is 0.729. The van der Waals surface area contributed by atoms with Crippen molar-refractivity contribution >= 4 is 22.9 Å². The van der Waals surface area contributed by atoms with Crippen molar-refractivity contribution in [1.82, 2.24) is 25.3 Å². The summed E-state index contributed by atoms with van der Waals surface area (Å²) in [7, 11) is 1.59. The zero-order valence-corrected chi connectivity index (χ0v) is 16.5. The van der Waals surface area contributed by atoms with Crippen LogP contribution in [0.2, 0.25) is 0 Å². The second-order valence-electron chi connectivity index (χ2n) is 7.32. The number of aryl methyl sites for hydroxylation is 1. The lowest BCUT2D eigenvalue weighted by Gasteiger charge is -2.32. The summed E-state index contributed by atoms with van der Waals surface area (Å²) in [5.74, 6) is -0.170. The fourth-order valence-electron chi connectivity index (χ4n) is 3.88. The first-order chi connectivity index (χ1) is 14.1. The maximum absolute atomic E-state index is 12.8. The number of piperidine rings is 1. The zero-order chi connectivity index (χ0) is 20.4. The van der Waals surface area contributed by atoms with Gasteiger partial charge in [-0.2, -0.15) is 0 Å². The number of nitrogens with zero attached hydrogens (tertiary/aromatic N) is 4. The molecule has 0 saturated carbocycles. The Hall–Kier alpha value is -3.29. The Labute approximate surface area is 168 Å². The minimum Gasteiger partial charge on any atom is -0.355 e. The van der Waals surface area contributed by atoms with Crippen molar-refractivity contribution in [1.29, 1.82) is 0 Å². The minimum atomic E-state index is -0.205. The molecule has 0 radical (unpaired) electrons. The van der Waals surface area contributed by atoms with Gasteiger partial charge in [-0.15, -0.1) is 0 Å². The number of carbonyl (C=O) groups excluding carboxylic acids is 2. The van der Waals surface area contributed by atoms with Gasteiger partial charge in [0, 0.05) is 43.6 Å². The van der Waals surface area contributed by atoms with Crippen LogP contribution in [0.5, 0.6) is 0 Å². The van der Waals surface area contributed by atoms with Crippen molar-refractivity contribution in [2.24, 2.45) is 0 Å². The molecule has 0 aliphatic carbocycles. The fraction of sp³-hybridized carbons (Fsp3) is 0.381. The van der Waals surface area contributed by atoms with Crippen LogP contribution in [0.15, 0.2) is 35.0 Å². The first-order valence-corrected chi connectivity index (χ1v) is 9.73. The van der Waals surface area contributed by atoms with E-state index in [1.807, 2.05) is 30.0 Å². The summed E-state index contributed by atoms with van der Waals surface area (Å²) < 4.78 is 5.46. The highest BCUT2D eigenvalue weighted by Gasteiger charge is 2.30. The molecule has 0 aromatic carbocycles. The molecule has 1 unspecified atom stereocenters. The summed E-state index contributed by atoms with van der Waals surface area (Å²) in [5, 5.41) is 7.55. The Morgan fingerprint density at radius 1 is 1.34 bits per heavy atom. The maximum atomic E-state index is 12.8. The number of fused-ring (bicyclic) bond motifs is 1. The third kappa shape index (κ3) is 3.83. The number of carbonyl (C=O) groups is 2. The predicted molar refractivity (Wildman–Crippen MR) is 106 cm³/mol. The second kappa shape index (κ2) is 7.98. The van der Waals surface area contributed by atoms with E-state index in [1.54, 1.807) is 19.3 Å². The van der Waals surface area contributed by atoms with Crippen LogP contribution in [-0.2, 0) is 11.2 Å². The number of hydrogen-bond acceptors (Lipinski definition) is 6. The van der Waals surface area contributed by atoms with Crippen LogP contribution in [0.4, 0.5) is 0 Å². The van der Waals surface area contributed by atoms with E-state index in [0.29, 0.717) is 41.1 Å². The smallest absolute Gasteiger partial charge is 0.259 e. The molecule has 1 aliphatic heterocycles. The highest BCUT2D eigenvalue weighted by atomic mass is 16.5. The van der Waals surface area contributed by atoms with Gasteiger partial charge in [0.05, 0.1) is 23.1 Å². The number of nitrogens with one attached hydrogen (secondary N) is 1. The molecule has 1 atom stereocenters. The Balaban J connectivity index is 1.61. The van der Waals surface area contributed by atoms with E-state index in [0.717, 1.165) is 18.5 Å². The third-order valence-electron chi connectivity index (χ3n) is 5.29. The number of hydrogen-bond donors (Lipinski definition) is 1. The first kappa shape index (κ1) is 19.0. The summed E-state index contributed by atoms with van der Waals surface area (Å²) in [4.78, 5) is 35.7. The van der Waals surface area contributed by atoms with E-state index in [4.69, 9.17) is 4.52 Å². The van der Waals surface area contributed by atoms with Gasteiger partial charge in [0.2, 0.25) is 5.91 Å². The lowest BCUT2D eigenvalue weighted by molar-refractivity contribution is -0.131. The molecule has 1 aliphatic rings. The van der Waals surface area contributed by atoms with E-state index in [2.05, 4.69) is 20.4 Å². The molecule has 1 N–H and O–H groups in total. The summed E-state index contributed by atoms with van der Waals surface area (Å²) >= 11 is 0. The van der Waals surface area contributed by atoms with Gasteiger partial charge < -0.3 is 14.7 Å². The molecule has 2 amide bonds. The number of pyridine rings is 2. The van der Waals surface area contributed by atoms with Gasteiger partial charge in [-0.25, -0.2) is 4.98 Å². The third-order valence-corrected chi connectivity index (χ3v) is 5.29. The zero-order valence-electron chi connectivity index (χ0n) is 16.5. The van der Waals surface area contributed by atoms with Crippen molar-refractivity contribution in [2.45, 2.75) is 32.1 Å². The molecule has 3 aromatic heterocycles. The van der Waals surface area contributed by atoms with Crippen molar-refractivity contribution < 1.29 is 14.1 Å². The largest absolute Gasteiger partial charge is 0.355 e. The van der Waals surface area contributed by atoms with Crippen LogP contribution in [0.25, 0.3) is 11.1 Å².